The Morgan fingerprint density at radius 3 is 2.85 bits per heavy atom. The van der Waals surface area contributed by atoms with E-state index in [4.69, 9.17) is 4.74 Å². The first-order valence-electron chi connectivity index (χ1n) is 7.56. The van der Waals surface area contributed by atoms with Crippen molar-refractivity contribution in [2.24, 2.45) is 0 Å². The molecule has 0 spiro atoms. The van der Waals surface area contributed by atoms with Gasteiger partial charge in [-0.3, -0.25) is 0 Å². The second-order valence-electron chi connectivity index (χ2n) is 6.58. The lowest BCUT2D eigenvalue weighted by molar-refractivity contribution is -0.136. The summed E-state index contributed by atoms with van der Waals surface area (Å²) in [6.07, 6.45) is 2.70. The van der Waals surface area contributed by atoms with Crippen LogP contribution in [-0.2, 0) is 11.8 Å². The predicted molar refractivity (Wildman–Crippen MR) is 80.3 cm³/mol. The number of hydrogen-bond donors (Lipinski definition) is 1. The fourth-order valence-corrected chi connectivity index (χ4v) is 4.41. The number of fused-ring (bicyclic) bond motifs is 4. The number of piperidine rings is 1. The summed E-state index contributed by atoms with van der Waals surface area (Å²) in [6, 6.07) is 6.56. The number of likely N-dealkylation sites (tertiary alicyclic amines) is 1. The lowest BCUT2D eigenvalue weighted by Crippen LogP contribution is -2.69. The van der Waals surface area contributed by atoms with E-state index in [0.717, 1.165) is 31.6 Å². The molecule has 1 unspecified atom stereocenters. The molecule has 1 aliphatic heterocycles. The van der Waals surface area contributed by atoms with Gasteiger partial charge in [-0.15, -0.1) is 0 Å². The standard InChI is InChI=1S/C17H25NO2/c1-5-17(19)15-10-12-6-7-13(20-4)11-14(12)16(17,2)8-9-18(15)3/h6-7,11,15,19H,5,8-10H2,1-4H3/t15?,16-,17-/m1/s1. The molecule has 1 aromatic carbocycles. The van der Waals surface area contributed by atoms with Crippen LogP contribution in [-0.4, -0.2) is 42.4 Å². The minimum absolute atomic E-state index is 0.180. The Kier molecular flexibility index (Phi) is 3.11. The maximum atomic E-state index is 11.4. The summed E-state index contributed by atoms with van der Waals surface area (Å²) in [5.41, 5.74) is 1.81. The molecule has 0 amide bonds. The van der Waals surface area contributed by atoms with E-state index in [-0.39, 0.29) is 11.5 Å². The molecule has 0 saturated carbocycles. The number of nitrogens with zero attached hydrogens (tertiary/aromatic N) is 1. The Balaban J connectivity index is 2.20. The summed E-state index contributed by atoms with van der Waals surface area (Å²) >= 11 is 0. The van der Waals surface area contributed by atoms with E-state index in [1.807, 2.05) is 6.07 Å². The van der Waals surface area contributed by atoms with Crippen LogP contribution in [0.2, 0.25) is 0 Å². The lowest BCUT2D eigenvalue weighted by Gasteiger charge is -2.60. The minimum atomic E-state index is -0.653. The van der Waals surface area contributed by atoms with Gasteiger partial charge in [0.2, 0.25) is 0 Å². The zero-order valence-corrected chi connectivity index (χ0v) is 12.9. The summed E-state index contributed by atoms with van der Waals surface area (Å²) < 4.78 is 5.39. The Labute approximate surface area is 121 Å². The van der Waals surface area contributed by atoms with Gasteiger partial charge >= 0.3 is 0 Å². The molecule has 1 N–H and O–H groups in total. The van der Waals surface area contributed by atoms with E-state index < -0.39 is 5.60 Å². The highest BCUT2D eigenvalue weighted by Gasteiger charge is 2.58. The van der Waals surface area contributed by atoms with Gasteiger partial charge in [0.25, 0.3) is 0 Å². The monoisotopic (exact) mass is 275 g/mol. The SMILES string of the molecule is CC[C@@]1(O)C2Cc3ccc(OC)cc3[C@@]1(C)CCN2C. The van der Waals surface area contributed by atoms with Gasteiger partial charge in [0.1, 0.15) is 5.75 Å². The van der Waals surface area contributed by atoms with Crippen molar-refractivity contribution in [2.75, 3.05) is 20.7 Å². The van der Waals surface area contributed by atoms with Crippen molar-refractivity contribution in [3.63, 3.8) is 0 Å². The maximum Gasteiger partial charge on any atom is 0.119 e. The fraction of sp³-hybridized carbons (Fsp3) is 0.647. The van der Waals surface area contributed by atoms with Crippen LogP contribution in [0.15, 0.2) is 18.2 Å². The highest BCUT2D eigenvalue weighted by molar-refractivity contribution is 5.47. The van der Waals surface area contributed by atoms with E-state index >= 15 is 0 Å². The highest BCUT2D eigenvalue weighted by Crippen LogP contribution is 2.52. The van der Waals surface area contributed by atoms with Crippen molar-refractivity contribution in [2.45, 2.75) is 50.2 Å². The molecule has 1 saturated heterocycles. The summed E-state index contributed by atoms with van der Waals surface area (Å²) in [5.74, 6) is 0.890. The van der Waals surface area contributed by atoms with Crippen LogP contribution in [0, 0.1) is 0 Å². The van der Waals surface area contributed by atoms with Crippen molar-refractivity contribution in [3.8, 4) is 5.75 Å². The summed E-state index contributed by atoms with van der Waals surface area (Å²) in [4.78, 5) is 2.33. The van der Waals surface area contributed by atoms with Crippen molar-refractivity contribution >= 4 is 0 Å². The van der Waals surface area contributed by atoms with E-state index in [1.54, 1.807) is 7.11 Å². The van der Waals surface area contributed by atoms with Crippen LogP contribution in [0.1, 0.15) is 37.8 Å². The third-order valence-corrected chi connectivity index (χ3v) is 5.87. The van der Waals surface area contributed by atoms with Gasteiger partial charge in [-0.1, -0.05) is 19.9 Å². The minimum Gasteiger partial charge on any atom is -0.497 e. The molecule has 1 aromatic rings. The number of hydrogen-bond acceptors (Lipinski definition) is 3. The third kappa shape index (κ3) is 1.60. The van der Waals surface area contributed by atoms with Crippen LogP contribution < -0.4 is 4.74 Å². The largest absolute Gasteiger partial charge is 0.497 e. The Morgan fingerprint density at radius 1 is 1.45 bits per heavy atom. The van der Waals surface area contributed by atoms with Crippen LogP contribution in [0.25, 0.3) is 0 Å². The quantitative estimate of drug-likeness (QED) is 0.899. The van der Waals surface area contributed by atoms with Crippen molar-refractivity contribution < 1.29 is 9.84 Å². The van der Waals surface area contributed by atoms with Gasteiger partial charge in [-0.05, 0) is 56.1 Å². The van der Waals surface area contributed by atoms with Crippen molar-refractivity contribution in [1.29, 1.82) is 0 Å². The van der Waals surface area contributed by atoms with Crippen LogP contribution in [0.3, 0.4) is 0 Å². The van der Waals surface area contributed by atoms with Crippen LogP contribution in [0.5, 0.6) is 5.75 Å². The van der Waals surface area contributed by atoms with Gasteiger partial charge in [0.05, 0.1) is 12.7 Å². The molecule has 3 heteroatoms. The molecule has 0 aromatic heterocycles. The number of ether oxygens (including phenoxy) is 1. The lowest BCUT2D eigenvalue weighted by atomic mass is 9.54. The molecular formula is C17H25NO2. The molecule has 0 radical (unpaired) electrons. The van der Waals surface area contributed by atoms with E-state index in [0.29, 0.717) is 0 Å². The van der Waals surface area contributed by atoms with E-state index in [1.165, 1.54) is 11.1 Å². The Morgan fingerprint density at radius 2 is 2.20 bits per heavy atom. The average molecular weight is 275 g/mol. The van der Waals surface area contributed by atoms with Crippen molar-refractivity contribution in [1.82, 2.24) is 4.90 Å². The second kappa shape index (κ2) is 4.47. The molecular weight excluding hydrogens is 250 g/mol. The molecule has 2 bridgehead atoms. The number of methoxy groups -OCH3 is 1. The summed E-state index contributed by atoms with van der Waals surface area (Å²) in [6.45, 7) is 5.38. The first kappa shape index (κ1) is 13.9. The van der Waals surface area contributed by atoms with Gasteiger partial charge in [-0.25, -0.2) is 0 Å². The average Bonchev–Trinajstić information content (AvgIpc) is 2.46. The molecule has 1 heterocycles. The number of benzene rings is 1. The molecule has 20 heavy (non-hydrogen) atoms. The molecule has 1 fully saturated rings. The Hall–Kier alpha value is -1.06. The van der Waals surface area contributed by atoms with E-state index in [2.05, 4.69) is 37.9 Å². The smallest absolute Gasteiger partial charge is 0.119 e. The zero-order valence-electron chi connectivity index (χ0n) is 12.9. The fourth-order valence-electron chi connectivity index (χ4n) is 4.41. The normalized spacial score (nSPS) is 36.5. The van der Waals surface area contributed by atoms with Crippen LogP contribution in [0.4, 0.5) is 0 Å². The van der Waals surface area contributed by atoms with Gasteiger partial charge in [0.15, 0.2) is 0 Å². The van der Waals surface area contributed by atoms with E-state index in [9.17, 15) is 5.11 Å². The molecule has 110 valence electrons. The van der Waals surface area contributed by atoms with Gasteiger partial charge in [0, 0.05) is 11.5 Å². The summed E-state index contributed by atoms with van der Waals surface area (Å²) in [5, 5.41) is 11.4. The number of rotatable bonds is 2. The molecule has 3 atom stereocenters. The first-order valence-corrected chi connectivity index (χ1v) is 7.56. The molecule has 2 aliphatic rings. The predicted octanol–water partition coefficient (Wildman–Crippen LogP) is 2.35. The van der Waals surface area contributed by atoms with Gasteiger partial charge in [-0.2, -0.15) is 0 Å². The zero-order chi connectivity index (χ0) is 14.5. The molecule has 3 nitrogen and oxygen atoms in total. The van der Waals surface area contributed by atoms with Crippen LogP contribution >= 0.6 is 0 Å². The molecule has 3 rings (SSSR count). The number of aliphatic hydroxyl groups is 1. The van der Waals surface area contributed by atoms with Crippen molar-refractivity contribution in [3.05, 3.63) is 29.3 Å². The third-order valence-electron chi connectivity index (χ3n) is 5.87. The Bertz CT molecular complexity index is 530. The first-order chi connectivity index (χ1) is 9.46. The topological polar surface area (TPSA) is 32.7 Å². The maximum absolute atomic E-state index is 11.4. The second-order valence-corrected chi connectivity index (χ2v) is 6.58. The summed E-state index contributed by atoms with van der Waals surface area (Å²) in [7, 11) is 3.84. The van der Waals surface area contributed by atoms with Gasteiger partial charge < -0.3 is 14.7 Å². The number of likely N-dealkylation sites (N-methyl/N-ethyl adjacent to an activating group) is 1. The molecule has 1 aliphatic carbocycles. The highest BCUT2D eigenvalue weighted by atomic mass is 16.5.